The van der Waals surface area contributed by atoms with Crippen molar-refractivity contribution in [1.29, 1.82) is 5.26 Å². The van der Waals surface area contributed by atoms with Crippen LogP contribution in [-0.4, -0.2) is 26.4 Å². The quantitative estimate of drug-likeness (QED) is 0.747. The topological polar surface area (TPSA) is 51.5 Å². The zero-order valence-corrected chi connectivity index (χ0v) is 8.40. The highest BCUT2D eigenvalue weighted by Crippen LogP contribution is 2.32. The maximum absolute atomic E-state index is 8.93. The van der Waals surface area contributed by atoms with Crippen LogP contribution in [0.15, 0.2) is 18.2 Å². The van der Waals surface area contributed by atoms with Crippen LogP contribution in [0.3, 0.4) is 0 Å². The lowest BCUT2D eigenvalue weighted by Crippen LogP contribution is -2.38. The largest absolute Gasteiger partial charge is 0.493 e. The monoisotopic (exact) mass is 205 g/mol. The second kappa shape index (κ2) is 4.20. The van der Waals surface area contributed by atoms with E-state index in [4.69, 9.17) is 19.5 Å². The lowest BCUT2D eigenvalue weighted by atomic mass is 10.2. The molecule has 0 amide bonds. The maximum Gasteiger partial charge on any atom is 0.179 e. The van der Waals surface area contributed by atoms with Gasteiger partial charge >= 0.3 is 0 Å². The van der Waals surface area contributed by atoms with Crippen molar-refractivity contribution in [3.63, 3.8) is 0 Å². The molecule has 1 heterocycles. The van der Waals surface area contributed by atoms with Crippen molar-refractivity contribution in [2.75, 3.05) is 20.3 Å². The number of benzene rings is 1. The molecule has 15 heavy (non-hydrogen) atoms. The minimum Gasteiger partial charge on any atom is -0.493 e. The fourth-order valence-electron chi connectivity index (χ4n) is 1.33. The van der Waals surface area contributed by atoms with E-state index in [2.05, 4.69) is 6.07 Å². The van der Waals surface area contributed by atoms with Crippen LogP contribution in [0.5, 0.6) is 11.5 Å². The van der Waals surface area contributed by atoms with E-state index < -0.39 is 0 Å². The SMILES string of the molecule is COc1cccc(C#N)c1OC1COC1. The molecule has 1 aliphatic heterocycles. The Morgan fingerprint density at radius 3 is 2.80 bits per heavy atom. The van der Waals surface area contributed by atoms with Gasteiger partial charge in [-0.3, -0.25) is 0 Å². The Morgan fingerprint density at radius 1 is 1.47 bits per heavy atom. The molecule has 0 aliphatic carbocycles. The van der Waals surface area contributed by atoms with Gasteiger partial charge in [0, 0.05) is 0 Å². The molecule has 4 nitrogen and oxygen atoms in total. The number of para-hydroxylation sites is 1. The van der Waals surface area contributed by atoms with Gasteiger partial charge in [0.25, 0.3) is 0 Å². The molecule has 0 saturated carbocycles. The van der Waals surface area contributed by atoms with Crippen molar-refractivity contribution in [3.8, 4) is 17.6 Å². The van der Waals surface area contributed by atoms with Crippen LogP contribution in [0.2, 0.25) is 0 Å². The van der Waals surface area contributed by atoms with E-state index in [1.54, 1.807) is 25.3 Å². The summed E-state index contributed by atoms with van der Waals surface area (Å²) in [6, 6.07) is 7.32. The van der Waals surface area contributed by atoms with E-state index in [1.165, 1.54) is 0 Å². The molecule has 1 saturated heterocycles. The van der Waals surface area contributed by atoms with E-state index >= 15 is 0 Å². The van der Waals surface area contributed by atoms with E-state index in [1.807, 2.05) is 0 Å². The van der Waals surface area contributed by atoms with Gasteiger partial charge in [0.05, 0.1) is 25.9 Å². The highest BCUT2D eigenvalue weighted by molar-refractivity contribution is 5.52. The van der Waals surface area contributed by atoms with Crippen LogP contribution in [0.1, 0.15) is 5.56 Å². The van der Waals surface area contributed by atoms with Crippen LogP contribution < -0.4 is 9.47 Å². The first kappa shape index (κ1) is 9.81. The fourth-order valence-corrected chi connectivity index (χ4v) is 1.33. The molecule has 1 aromatic rings. The van der Waals surface area contributed by atoms with Gasteiger partial charge in [0.2, 0.25) is 0 Å². The van der Waals surface area contributed by atoms with Gasteiger partial charge < -0.3 is 14.2 Å². The first-order chi connectivity index (χ1) is 7.35. The average Bonchev–Trinajstić information content (AvgIpc) is 2.23. The van der Waals surface area contributed by atoms with Crippen molar-refractivity contribution in [2.45, 2.75) is 6.10 Å². The van der Waals surface area contributed by atoms with Crippen molar-refractivity contribution in [1.82, 2.24) is 0 Å². The fraction of sp³-hybridized carbons (Fsp3) is 0.364. The molecule has 0 spiro atoms. The summed E-state index contributed by atoms with van der Waals surface area (Å²) in [6.07, 6.45) is 0.0356. The number of ether oxygens (including phenoxy) is 3. The highest BCUT2D eigenvalue weighted by atomic mass is 16.6. The molecule has 0 N–H and O–H groups in total. The molecule has 0 atom stereocenters. The summed E-state index contributed by atoms with van der Waals surface area (Å²) in [5.74, 6) is 1.09. The molecule has 4 heteroatoms. The Kier molecular flexibility index (Phi) is 2.75. The van der Waals surface area contributed by atoms with Gasteiger partial charge in [-0.25, -0.2) is 0 Å². The molecule has 0 unspecified atom stereocenters. The van der Waals surface area contributed by atoms with Crippen LogP contribution in [0.4, 0.5) is 0 Å². The van der Waals surface area contributed by atoms with Crippen molar-refractivity contribution < 1.29 is 14.2 Å². The van der Waals surface area contributed by atoms with Gasteiger partial charge in [-0.2, -0.15) is 5.26 Å². The summed E-state index contributed by atoms with van der Waals surface area (Å²) >= 11 is 0. The van der Waals surface area contributed by atoms with Gasteiger partial charge in [-0.05, 0) is 12.1 Å². The number of methoxy groups -OCH3 is 1. The first-order valence-corrected chi connectivity index (χ1v) is 4.66. The molecular formula is C11H11NO3. The number of nitrogens with zero attached hydrogens (tertiary/aromatic N) is 1. The van der Waals surface area contributed by atoms with Crippen molar-refractivity contribution in [3.05, 3.63) is 23.8 Å². The van der Waals surface area contributed by atoms with Crippen molar-refractivity contribution >= 4 is 0 Å². The van der Waals surface area contributed by atoms with E-state index in [0.29, 0.717) is 30.3 Å². The summed E-state index contributed by atoms with van der Waals surface area (Å²) in [4.78, 5) is 0. The number of hydrogen-bond donors (Lipinski definition) is 0. The Hall–Kier alpha value is -1.73. The zero-order valence-electron chi connectivity index (χ0n) is 8.40. The van der Waals surface area contributed by atoms with Crippen LogP contribution in [-0.2, 0) is 4.74 Å². The molecule has 2 rings (SSSR count). The van der Waals surface area contributed by atoms with Gasteiger partial charge in [0.1, 0.15) is 12.2 Å². The average molecular weight is 205 g/mol. The van der Waals surface area contributed by atoms with E-state index in [9.17, 15) is 0 Å². The summed E-state index contributed by atoms with van der Waals surface area (Å²) in [5.41, 5.74) is 0.487. The Balaban J connectivity index is 2.28. The molecule has 0 radical (unpaired) electrons. The van der Waals surface area contributed by atoms with Crippen LogP contribution >= 0.6 is 0 Å². The van der Waals surface area contributed by atoms with Crippen LogP contribution in [0.25, 0.3) is 0 Å². The second-order valence-electron chi connectivity index (χ2n) is 3.23. The predicted octanol–water partition coefficient (Wildman–Crippen LogP) is 1.34. The predicted molar refractivity (Wildman–Crippen MR) is 52.9 cm³/mol. The zero-order chi connectivity index (χ0) is 10.7. The first-order valence-electron chi connectivity index (χ1n) is 4.66. The lowest BCUT2D eigenvalue weighted by Gasteiger charge is -2.27. The Labute approximate surface area is 88.0 Å². The minimum absolute atomic E-state index is 0.0356. The Bertz CT molecular complexity index is 393. The highest BCUT2D eigenvalue weighted by Gasteiger charge is 2.23. The molecule has 78 valence electrons. The van der Waals surface area contributed by atoms with E-state index in [0.717, 1.165) is 0 Å². The summed E-state index contributed by atoms with van der Waals surface area (Å²) in [7, 11) is 1.56. The molecule has 1 fully saturated rings. The van der Waals surface area contributed by atoms with Gasteiger partial charge in [-0.1, -0.05) is 6.07 Å². The third-order valence-corrected chi connectivity index (χ3v) is 2.21. The molecule has 1 aromatic carbocycles. The number of rotatable bonds is 3. The third kappa shape index (κ3) is 1.88. The van der Waals surface area contributed by atoms with Gasteiger partial charge in [-0.15, -0.1) is 0 Å². The van der Waals surface area contributed by atoms with Crippen LogP contribution in [0, 0.1) is 11.3 Å². The number of nitriles is 1. The lowest BCUT2D eigenvalue weighted by molar-refractivity contribution is -0.0804. The van der Waals surface area contributed by atoms with E-state index in [-0.39, 0.29) is 6.10 Å². The standard InChI is InChI=1S/C11H11NO3/c1-13-10-4-2-3-8(5-12)11(10)15-9-6-14-7-9/h2-4,9H,6-7H2,1H3. The summed E-state index contributed by atoms with van der Waals surface area (Å²) in [6.45, 7) is 1.14. The second-order valence-corrected chi connectivity index (χ2v) is 3.23. The van der Waals surface area contributed by atoms with Gasteiger partial charge in [0.15, 0.2) is 11.5 Å². The molecule has 1 aliphatic rings. The van der Waals surface area contributed by atoms with Crippen molar-refractivity contribution in [2.24, 2.45) is 0 Å². The molecule has 0 aromatic heterocycles. The smallest absolute Gasteiger partial charge is 0.179 e. The number of hydrogen-bond acceptors (Lipinski definition) is 4. The molecular weight excluding hydrogens is 194 g/mol. The third-order valence-electron chi connectivity index (χ3n) is 2.21. The molecule has 0 bridgehead atoms. The maximum atomic E-state index is 8.93. The Morgan fingerprint density at radius 2 is 2.27 bits per heavy atom. The normalized spacial score (nSPS) is 15.2. The summed E-state index contributed by atoms with van der Waals surface area (Å²) in [5, 5.41) is 8.93. The minimum atomic E-state index is 0.0356. The summed E-state index contributed by atoms with van der Waals surface area (Å²) < 4.78 is 15.8.